The van der Waals surface area contributed by atoms with Crippen molar-refractivity contribution >= 4 is 22.4 Å². The number of pyridine rings is 1. The second-order valence-corrected chi connectivity index (χ2v) is 4.56. The van der Waals surface area contributed by atoms with Gasteiger partial charge in [-0.05, 0) is 34.4 Å². The first-order valence-electron chi connectivity index (χ1n) is 6.46. The van der Waals surface area contributed by atoms with Crippen LogP contribution in [0.15, 0.2) is 24.3 Å². The fraction of sp³-hybridized carbons (Fsp3) is 0.357. The number of nitrogens with zero attached hydrogens (tertiary/aromatic N) is 2. The summed E-state index contributed by atoms with van der Waals surface area (Å²) in [6.45, 7) is 2.12. The Labute approximate surface area is 111 Å². The Bertz CT molecular complexity index is 611. The lowest BCUT2D eigenvalue weighted by Gasteiger charge is -2.08. The number of hydrogen-bond acceptors (Lipinski definition) is 4. The van der Waals surface area contributed by atoms with Crippen molar-refractivity contribution in [2.24, 2.45) is 0 Å². The van der Waals surface area contributed by atoms with E-state index in [0.717, 1.165) is 36.6 Å². The molecule has 0 saturated heterocycles. The van der Waals surface area contributed by atoms with Crippen LogP contribution in [0.4, 0.5) is 11.5 Å². The third kappa shape index (κ3) is 2.65. The van der Waals surface area contributed by atoms with E-state index < -0.39 is 4.92 Å². The van der Waals surface area contributed by atoms with Crippen LogP contribution in [-0.4, -0.2) is 9.91 Å². The van der Waals surface area contributed by atoms with E-state index in [0.29, 0.717) is 5.52 Å². The fourth-order valence-electron chi connectivity index (χ4n) is 2.24. The molecule has 0 spiro atoms. The largest absolute Gasteiger partial charge is 0.392 e. The number of hydrogen-bond donors (Lipinski definition) is 1. The van der Waals surface area contributed by atoms with E-state index in [1.165, 1.54) is 0 Å². The van der Waals surface area contributed by atoms with Crippen LogP contribution < -0.4 is 5.73 Å². The van der Waals surface area contributed by atoms with E-state index in [2.05, 4.69) is 11.9 Å². The maximum Gasteiger partial charge on any atom is 0.387 e. The second kappa shape index (κ2) is 5.65. The quantitative estimate of drug-likeness (QED) is 0.506. The van der Waals surface area contributed by atoms with Crippen molar-refractivity contribution in [2.45, 2.75) is 32.6 Å². The maximum absolute atomic E-state index is 11.0. The number of para-hydroxylation sites is 1. The molecule has 100 valence electrons. The molecule has 0 atom stereocenters. The number of aromatic nitrogens is 1. The van der Waals surface area contributed by atoms with Crippen LogP contribution in [0, 0.1) is 10.1 Å². The summed E-state index contributed by atoms with van der Waals surface area (Å²) in [6.07, 6.45) is 3.92. The predicted octanol–water partition coefficient (Wildman–Crippen LogP) is 3.46. The van der Waals surface area contributed by atoms with Crippen molar-refractivity contribution < 1.29 is 4.92 Å². The monoisotopic (exact) mass is 259 g/mol. The molecule has 0 fully saturated rings. The number of rotatable bonds is 5. The Balaban J connectivity index is 2.56. The standard InChI is InChI=1S/C14H17N3O2/c1-2-3-4-8-11-10-7-5-6-9-12(10)16-14(13(11)15)17(18)19/h5-7,9H,2-4,8,15H2,1H3. The number of nitro groups is 1. The summed E-state index contributed by atoms with van der Waals surface area (Å²) in [6, 6.07) is 7.43. The molecule has 0 bridgehead atoms. The minimum absolute atomic E-state index is 0.208. The number of aryl methyl sites for hydroxylation is 1. The molecule has 0 amide bonds. The molecule has 0 saturated carbocycles. The summed E-state index contributed by atoms with van der Waals surface area (Å²) in [5.41, 5.74) is 7.62. The molecule has 1 aromatic heterocycles. The molecule has 0 aliphatic heterocycles. The third-order valence-corrected chi connectivity index (χ3v) is 3.22. The highest BCUT2D eigenvalue weighted by molar-refractivity contribution is 5.89. The Morgan fingerprint density at radius 1 is 1.32 bits per heavy atom. The Morgan fingerprint density at radius 2 is 2.05 bits per heavy atom. The topological polar surface area (TPSA) is 82.0 Å². The van der Waals surface area contributed by atoms with E-state index >= 15 is 0 Å². The SMILES string of the molecule is CCCCCc1c(N)c([N+](=O)[O-])nc2ccccc12. The van der Waals surface area contributed by atoms with E-state index in [-0.39, 0.29) is 11.5 Å². The number of unbranched alkanes of at least 4 members (excludes halogenated alkanes) is 2. The lowest BCUT2D eigenvalue weighted by molar-refractivity contribution is -0.388. The smallest absolute Gasteiger partial charge is 0.387 e. The van der Waals surface area contributed by atoms with Crippen LogP contribution in [0.1, 0.15) is 31.7 Å². The molecule has 19 heavy (non-hydrogen) atoms. The predicted molar refractivity (Wildman–Crippen MR) is 76.0 cm³/mol. The summed E-state index contributed by atoms with van der Waals surface area (Å²) in [5, 5.41) is 11.9. The zero-order chi connectivity index (χ0) is 13.8. The summed E-state index contributed by atoms with van der Waals surface area (Å²) in [4.78, 5) is 14.5. The van der Waals surface area contributed by atoms with Gasteiger partial charge < -0.3 is 15.8 Å². The van der Waals surface area contributed by atoms with Gasteiger partial charge in [-0.2, -0.15) is 0 Å². The van der Waals surface area contributed by atoms with Crippen LogP contribution in [0.5, 0.6) is 0 Å². The summed E-state index contributed by atoms with van der Waals surface area (Å²) >= 11 is 0. The van der Waals surface area contributed by atoms with Crippen LogP contribution >= 0.6 is 0 Å². The van der Waals surface area contributed by atoms with Gasteiger partial charge in [0.05, 0.1) is 0 Å². The normalized spacial score (nSPS) is 10.8. The number of anilines is 1. The van der Waals surface area contributed by atoms with Gasteiger partial charge >= 0.3 is 5.82 Å². The van der Waals surface area contributed by atoms with Crippen molar-refractivity contribution in [3.05, 3.63) is 39.9 Å². The van der Waals surface area contributed by atoms with E-state index in [4.69, 9.17) is 5.73 Å². The van der Waals surface area contributed by atoms with Gasteiger partial charge in [-0.1, -0.05) is 38.0 Å². The minimum Gasteiger partial charge on any atom is -0.392 e. The van der Waals surface area contributed by atoms with Gasteiger partial charge in [0.2, 0.25) is 0 Å². The summed E-state index contributed by atoms with van der Waals surface area (Å²) in [7, 11) is 0. The Morgan fingerprint density at radius 3 is 2.74 bits per heavy atom. The van der Waals surface area contributed by atoms with Gasteiger partial charge in [0, 0.05) is 5.39 Å². The maximum atomic E-state index is 11.0. The van der Waals surface area contributed by atoms with Crippen molar-refractivity contribution in [1.29, 1.82) is 0 Å². The van der Waals surface area contributed by atoms with E-state index in [1.54, 1.807) is 6.07 Å². The number of nitrogens with two attached hydrogens (primary N) is 1. The molecule has 2 aromatic rings. The molecular formula is C14H17N3O2. The highest BCUT2D eigenvalue weighted by atomic mass is 16.6. The molecule has 0 aliphatic carbocycles. The van der Waals surface area contributed by atoms with Gasteiger partial charge in [-0.3, -0.25) is 0 Å². The zero-order valence-electron chi connectivity index (χ0n) is 10.9. The Kier molecular flexibility index (Phi) is 3.94. The average molecular weight is 259 g/mol. The van der Waals surface area contributed by atoms with Gasteiger partial charge in [0.15, 0.2) is 5.52 Å². The first-order chi connectivity index (χ1) is 9.15. The molecule has 5 nitrogen and oxygen atoms in total. The first-order valence-corrected chi connectivity index (χ1v) is 6.46. The number of fused-ring (bicyclic) bond motifs is 1. The summed E-state index contributed by atoms with van der Waals surface area (Å²) in [5.74, 6) is -0.231. The lowest BCUT2D eigenvalue weighted by atomic mass is 10.0. The Hall–Kier alpha value is -2.17. The second-order valence-electron chi connectivity index (χ2n) is 4.56. The highest BCUT2D eigenvalue weighted by Gasteiger charge is 2.20. The molecule has 2 rings (SSSR count). The molecule has 5 heteroatoms. The molecule has 1 heterocycles. The molecule has 0 aliphatic rings. The van der Waals surface area contributed by atoms with E-state index in [9.17, 15) is 10.1 Å². The van der Waals surface area contributed by atoms with Gasteiger partial charge in [0.1, 0.15) is 5.69 Å². The van der Waals surface area contributed by atoms with Crippen molar-refractivity contribution in [3.63, 3.8) is 0 Å². The van der Waals surface area contributed by atoms with Gasteiger partial charge in [0.25, 0.3) is 0 Å². The van der Waals surface area contributed by atoms with Crippen molar-refractivity contribution in [2.75, 3.05) is 5.73 Å². The molecule has 0 unspecified atom stereocenters. The average Bonchev–Trinajstić information content (AvgIpc) is 2.40. The van der Waals surface area contributed by atoms with Gasteiger partial charge in [-0.15, -0.1) is 0 Å². The molecular weight excluding hydrogens is 242 g/mol. The van der Waals surface area contributed by atoms with Crippen molar-refractivity contribution in [1.82, 2.24) is 4.98 Å². The number of nitrogen functional groups attached to an aromatic ring is 1. The highest BCUT2D eigenvalue weighted by Crippen LogP contribution is 2.31. The van der Waals surface area contributed by atoms with Crippen molar-refractivity contribution in [3.8, 4) is 0 Å². The zero-order valence-corrected chi connectivity index (χ0v) is 10.9. The lowest BCUT2D eigenvalue weighted by Crippen LogP contribution is -2.04. The molecule has 0 radical (unpaired) electrons. The molecule has 1 aromatic carbocycles. The number of benzene rings is 1. The molecule has 2 N–H and O–H groups in total. The third-order valence-electron chi connectivity index (χ3n) is 3.22. The summed E-state index contributed by atoms with van der Waals surface area (Å²) < 4.78 is 0. The fourth-order valence-corrected chi connectivity index (χ4v) is 2.24. The minimum atomic E-state index is -0.509. The van der Waals surface area contributed by atoms with Gasteiger partial charge in [-0.25, -0.2) is 0 Å². The van der Waals surface area contributed by atoms with E-state index in [1.807, 2.05) is 18.2 Å². The first kappa shape index (κ1) is 13.3. The van der Waals surface area contributed by atoms with Crippen LogP contribution in [0.2, 0.25) is 0 Å². The van der Waals surface area contributed by atoms with Crippen LogP contribution in [-0.2, 0) is 6.42 Å². The van der Waals surface area contributed by atoms with Crippen LogP contribution in [0.25, 0.3) is 10.9 Å². The van der Waals surface area contributed by atoms with Crippen LogP contribution in [0.3, 0.4) is 0 Å².